The number of carbonyl (C=O) groups is 1. The number of carbonyl (C=O) groups excluding carboxylic acids is 1. The molecule has 0 radical (unpaired) electrons. The molecule has 1 saturated carbocycles. The molecule has 50 heavy (non-hydrogen) atoms. The van der Waals surface area contributed by atoms with E-state index in [9.17, 15) is 48.3 Å². The number of hydrogen-bond acceptors (Lipinski definition) is 7. The largest absolute Gasteiger partial charge is 0.435 e. The second-order valence-electron chi connectivity index (χ2n) is 12.3. The summed E-state index contributed by atoms with van der Waals surface area (Å²) < 4.78 is 160. The van der Waals surface area contributed by atoms with Crippen molar-refractivity contribution in [1.29, 1.82) is 0 Å². The van der Waals surface area contributed by atoms with Crippen molar-refractivity contribution in [2.45, 2.75) is 68.2 Å². The highest BCUT2D eigenvalue weighted by Gasteiger charge is 2.68. The number of sulfone groups is 1. The minimum Gasteiger partial charge on any atom is -0.346 e. The predicted octanol–water partition coefficient (Wildman–Crippen LogP) is 4.55. The summed E-state index contributed by atoms with van der Waals surface area (Å²) in [5.41, 5.74) is -0.00261. The van der Waals surface area contributed by atoms with Crippen molar-refractivity contribution in [2.75, 3.05) is 19.3 Å². The molecule has 2 aromatic rings. The molecule has 9 nitrogen and oxygen atoms in total. The smallest absolute Gasteiger partial charge is 0.346 e. The fourth-order valence-corrected chi connectivity index (χ4v) is 5.41. The van der Waals surface area contributed by atoms with Crippen LogP contribution < -0.4 is 16.2 Å². The summed E-state index contributed by atoms with van der Waals surface area (Å²) in [6, 6.07) is 0.827. The summed E-state index contributed by atoms with van der Waals surface area (Å²) in [6.45, 7) is 2.95. The Morgan fingerprint density at radius 1 is 1.12 bits per heavy atom. The molecule has 1 heterocycles. The molecule has 2 aliphatic carbocycles. The van der Waals surface area contributed by atoms with Gasteiger partial charge in [0.2, 0.25) is 5.91 Å². The van der Waals surface area contributed by atoms with Gasteiger partial charge < -0.3 is 5.32 Å². The van der Waals surface area contributed by atoms with Gasteiger partial charge in [0.25, 0.3) is 5.92 Å². The van der Waals surface area contributed by atoms with Crippen LogP contribution in [0.3, 0.4) is 0 Å². The van der Waals surface area contributed by atoms with Crippen LogP contribution in [-0.2, 0) is 39.7 Å². The van der Waals surface area contributed by atoms with Crippen LogP contribution >= 0.6 is 0 Å². The fraction of sp³-hybridized carbons (Fsp3) is 0.500. The minimum atomic E-state index is -5.10. The Labute approximate surface area is 279 Å². The number of rotatable bonds is 12. The summed E-state index contributed by atoms with van der Waals surface area (Å²) in [5, 5.41) is 5.61. The number of hydrogen-bond donors (Lipinski definition) is 3. The molecular formula is C30H30F10N6O3S. The van der Waals surface area contributed by atoms with Crippen LogP contribution in [0.5, 0.6) is 0 Å². The van der Waals surface area contributed by atoms with Crippen LogP contribution in [0.1, 0.15) is 48.7 Å². The molecule has 1 aromatic heterocycles. The van der Waals surface area contributed by atoms with Crippen molar-refractivity contribution in [1.82, 2.24) is 25.9 Å². The number of halogens is 10. The van der Waals surface area contributed by atoms with Crippen molar-refractivity contribution in [3.05, 3.63) is 64.6 Å². The van der Waals surface area contributed by atoms with Gasteiger partial charge in [-0.25, -0.2) is 27.6 Å². The second-order valence-corrected chi connectivity index (χ2v) is 14.9. The predicted molar refractivity (Wildman–Crippen MR) is 159 cm³/mol. The van der Waals surface area contributed by atoms with Gasteiger partial charge >= 0.3 is 12.4 Å². The lowest BCUT2D eigenvalue weighted by Crippen LogP contribution is -2.42. The van der Waals surface area contributed by atoms with Crippen LogP contribution in [0, 0.1) is 29.4 Å². The Kier molecular flexibility index (Phi) is 10.6. The van der Waals surface area contributed by atoms with Gasteiger partial charge in [-0.2, -0.15) is 40.2 Å². The van der Waals surface area contributed by atoms with Gasteiger partial charge in [0.15, 0.2) is 15.5 Å². The van der Waals surface area contributed by atoms with Gasteiger partial charge in [0, 0.05) is 23.8 Å². The molecule has 20 heteroatoms. The number of aliphatic imine (C=N–C) groups is 1. The summed E-state index contributed by atoms with van der Waals surface area (Å²) >= 11 is 0. The number of aromatic nitrogens is 2. The third-order valence-electron chi connectivity index (χ3n) is 7.98. The Hall–Kier alpha value is -3.96. The van der Waals surface area contributed by atoms with E-state index in [-0.39, 0.29) is 28.1 Å². The Bertz CT molecular complexity index is 1850. The van der Waals surface area contributed by atoms with Crippen LogP contribution in [0.4, 0.5) is 43.9 Å². The zero-order chi connectivity index (χ0) is 37.6. The highest BCUT2D eigenvalue weighted by molar-refractivity contribution is 7.92. The molecule has 1 unspecified atom stereocenters. The maximum atomic E-state index is 15.0. The number of amides is 1. The van der Waals surface area contributed by atoms with Gasteiger partial charge in [0.1, 0.15) is 40.9 Å². The van der Waals surface area contributed by atoms with Crippen LogP contribution in [-0.4, -0.2) is 66.1 Å². The third-order valence-corrected chi connectivity index (χ3v) is 9.93. The maximum absolute atomic E-state index is 15.0. The number of alkyl halides is 8. The van der Waals surface area contributed by atoms with Gasteiger partial charge in [-0.15, -0.1) is 0 Å². The number of benzene rings is 1. The standard InChI is InChI=1S/C30H30F10N6O3S/c1-15(43-19(12-41-42-14-28(33,34)35)5-6-27(2,3)50(4,48)49)22(9-16-7-17(31)10-18(32)8-16)44-23(47)13-46-26-24(25(45-46)30(38,39)40)20-11-21(20)29(26,36)37/h7-8,10,20-22,41-42H,1,9,11-14H2,2-4H3,(H,44,47)/t20?,21-,22+/m1/s1. The molecule has 0 spiro atoms. The lowest BCUT2D eigenvalue weighted by atomic mass is 10.0. The molecule has 0 saturated heterocycles. The molecular weight excluding hydrogens is 714 g/mol. The monoisotopic (exact) mass is 744 g/mol. The lowest BCUT2D eigenvalue weighted by molar-refractivity contribution is -0.142. The summed E-state index contributed by atoms with van der Waals surface area (Å²) in [6.07, 6.45) is -9.51. The van der Waals surface area contributed by atoms with Crippen molar-refractivity contribution < 1.29 is 57.1 Å². The zero-order valence-electron chi connectivity index (χ0n) is 26.5. The Balaban J connectivity index is 1.67. The first-order chi connectivity index (χ1) is 22.8. The zero-order valence-corrected chi connectivity index (χ0v) is 27.3. The number of nitrogens with zero attached hydrogens (tertiary/aromatic N) is 3. The van der Waals surface area contributed by atoms with Gasteiger partial charge in [0.05, 0.1) is 18.3 Å². The van der Waals surface area contributed by atoms with Crippen molar-refractivity contribution in [3.8, 4) is 11.8 Å². The van der Waals surface area contributed by atoms with Crippen LogP contribution in [0.2, 0.25) is 0 Å². The first kappa shape index (κ1) is 38.8. The van der Waals surface area contributed by atoms with E-state index in [4.69, 9.17) is 0 Å². The normalized spacial score (nSPS) is 19.3. The van der Waals surface area contributed by atoms with Crippen molar-refractivity contribution in [3.63, 3.8) is 0 Å². The summed E-state index contributed by atoms with van der Waals surface area (Å²) in [5.74, 6) is -4.54. The highest BCUT2D eigenvalue weighted by Crippen LogP contribution is 2.68. The topological polar surface area (TPSA) is 117 Å². The highest BCUT2D eigenvalue weighted by atomic mass is 32.2. The molecule has 0 bridgehead atoms. The van der Waals surface area contributed by atoms with E-state index in [1.807, 2.05) is 5.43 Å². The first-order valence-electron chi connectivity index (χ1n) is 14.6. The fourth-order valence-electron chi connectivity index (χ4n) is 5.17. The molecule has 274 valence electrons. The van der Waals surface area contributed by atoms with E-state index in [1.165, 1.54) is 13.8 Å². The number of fused-ring (bicyclic) bond motifs is 3. The molecule has 4 rings (SSSR count). The molecule has 1 fully saturated rings. The molecule has 3 N–H and O–H groups in total. The van der Waals surface area contributed by atoms with Gasteiger partial charge in [-0.05, 0) is 56.2 Å². The van der Waals surface area contributed by atoms with E-state index in [1.54, 1.807) is 0 Å². The quantitative estimate of drug-likeness (QED) is 0.0966. The molecule has 2 aliphatic rings. The number of nitrogens with one attached hydrogen (secondary N) is 3. The Morgan fingerprint density at radius 3 is 2.30 bits per heavy atom. The average molecular weight is 745 g/mol. The van der Waals surface area contributed by atoms with E-state index >= 15 is 8.78 Å². The molecule has 0 aliphatic heterocycles. The molecule has 1 aromatic carbocycles. The van der Waals surface area contributed by atoms with Crippen LogP contribution in [0.15, 0.2) is 35.5 Å². The average Bonchev–Trinajstić information content (AvgIpc) is 3.59. The van der Waals surface area contributed by atoms with E-state index in [0.29, 0.717) is 6.07 Å². The van der Waals surface area contributed by atoms with Crippen LogP contribution in [0.25, 0.3) is 0 Å². The van der Waals surface area contributed by atoms with Crippen molar-refractivity contribution in [2.24, 2.45) is 10.9 Å². The number of hydrazine groups is 1. The minimum absolute atomic E-state index is 0.0917. The van der Waals surface area contributed by atoms with E-state index < -0.39 is 111 Å². The Morgan fingerprint density at radius 2 is 1.74 bits per heavy atom. The molecule has 3 atom stereocenters. The molecule has 1 amide bonds. The van der Waals surface area contributed by atoms with E-state index in [2.05, 4.69) is 39.3 Å². The SMILES string of the molecule is C=C(N=C(C#CC(C)(C)S(C)(=O)=O)CNNCC(F)(F)F)[C@H](Cc1cc(F)cc(F)c1)NC(=O)Cn1nc(C(F)(F)F)c2c1C(F)(F)[C@@H]1CC21. The lowest BCUT2D eigenvalue weighted by Gasteiger charge is -2.21. The van der Waals surface area contributed by atoms with E-state index in [0.717, 1.165) is 18.4 Å². The van der Waals surface area contributed by atoms with Crippen molar-refractivity contribution >= 4 is 21.5 Å². The van der Waals surface area contributed by atoms with Gasteiger partial charge in [-0.3, -0.25) is 14.9 Å². The second kappa shape index (κ2) is 13.6. The maximum Gasteiger partial charge on any atom is 0.435 e. The summed E-state index contributed by atoms with van der Waals surface area (Å²) in [7, 11) is -3.80. The third kappa shape index (κ3) is 9.03. The summed E-state index contributed by atoms with van der Waals surface area (Å²) in [4.78, 5) is 17.3. The van der Waals surface area contributed by atoms with Gasteiger partial charge in [-0.1, -0.05) is 12.5 Å². The first-order valence-corrected chi connectivity index (χ1v) is 16.5.